The van der Waals surface area contributed by atoms with Crippen LogP contribution in [-0.4, -0.2) is 32.7 Å². The van der Waals surface area contributed by atoms with Crippen LogP contribution in [0.3, 0.4) is 0 Å². The van der Waals surface area contributed by atoms with Crippen LogP contribution in [0.25, 0.3) is 12.2 Å². The van der Waals surface area contributed by atoms with Crippen LogP contribution in [-0.2, 0) is 10.2 Å². The number of hydrogen-bond acceptors (Lipinski definition) is 4. The first-order chi connectivity index (χ1) is 14.2. The fraction of sp³-hybridized carbons (Fsp3) is 0.333. The van der Waals surface area contributed by atoms with Crippen molar-refractivity contribution in [1.29, 1.82) is 0 Å². The molecule has 2 aromatic rings. The van der Waals surface area contributed by atoms with Gasteiger partial charge in [-0.2, -0.15) is 0 Å². The number of urea groups is 1. The second-order valence-electron chi connectivity index (χ2n) is 8.23. The predicted molar refractivity (Wildman–Crippen MR) is 119 cm³/mol. The standard InChI is InChI=1S/C24H28N2O4/c1-24(2,3)20-15-18(26-13-12-21(27)25-23(26)28)14-17(22(20)30-5)9-6-16-7-10-19(29-4)11-8-16/h6-11,14-15H,12-13H2,1-5H3,(H,25,27,28)/b9-6+. The average molecular weight is 408 g/mol. The number of nitrogens with zero attached hydrogens (tertiary/aromatic N) is 1. The third-order valence-corrected chi connectivity index (χ3v) is 5.05. The summed E-state index contributed by atoms with van der Waals surface area (Å²) in [5, 5.41) is 2.39. The molecule has 3 amide bonds. The normalized spacial score (nSPS) is 14.8. The fourth-order valence-corrected chi connectivity index (χ4v) is 3.41. The second-order valence-corrected chi connectivity index (χ2v) is 8.23. The van der Waals surface area contributed by atoms with Crippen molar-refractivity contribution in [2.24, 2.45) is 0 Å². The predicted octanol–water partition coefficient (Wildman–Crippen LogP) is 4.62. The molecule has 1 aliphatic rings. The summed E-state index contributed by atoms with van der Waals surface area (Å²) >= 11 is 0. The van der Waals surface area contributed by atoms with E-state index in [9.17, 15) is 9.59 Å². The zero-order valence-corrected chi connectivity index (χ0v) is 18.1. The lowest BCUT2D eigenvalue weighted by Crippen LogP contribution is -2.49. The SMILES string of the molecule is COc1ccc(/C=C/c2cc(N3CCC(=O)NC3=O)cc(C(C)(C)C)c2OC)cc1. The van der Waals surface area contributed by atoms with Gasteiger partial charge in [-0.05, 0) is 35.2 Å². The van der Waals surface area contributed by atoms with Gasteiger partial charge in [0, 0.05) is 29.8 Å². The van der Waals surface area contributed by atoms with E-state index in [1.54, 1.807) is 19.1 Å². The third kappa shape index (κ3) is 4.64. The van der Waals surface area contributed by atoms with E-state index in [4.69, 9.17) is 9.47 Å². The van der Waals surface area contributed by atoms with Crippen LogP contribution in [0, 0.1) is 0 Å². The highest BCUT2D eigenvalue weighted by molar-refractivity contribution is 6.05. The van der Waals surface area contributed by atoms with Crippen molar-refractivity contribution in [2.75, 3.05) is 25.7 Å². The van der Waals surface area contributed by atoms with E-state index < -0.39 is 6.03 Å². The average Bonchev–Trinajstić information content (AvgIpc) is 2.71. The molecule has 30 heavy (non-hydrogen) atoms. The number of nitrogens with one attached hydrogen (secondary N) is 1. The maximum absolute atomic E-state index is 12.4. The summed E-state index contributed by atoms with van der Waals surface area (Å²) in [6, 6.07) is 11.2. The quantitative estimate of drug-likeness (QED) is 0.733. The van der Waals surface area contributed by atoms with Crippen LogP contribution in [0.4, 0.5) is 10.5 Å². The molecule has 6 heteroatoms. The zero-order chi connectivity index (χ0) is 21.9. The Morgan fingerprint density at radius 2 is 1.70 bits per heavy atom. The minimum absolute atomic E-state index is 0.202. The van der Waals surface area contributed by atoms with Gasteiger partial charge in [-0.3, -0.25) is 15.0 Å². The molecule has 6 nitrogen and oxygen atoms in total. The van der Waals surface area contributed by atoms with E-state index in [0.717, 1.165) is 33.9 Å². The molecule has 0 spiro atoms. The number of imide groups is 1. The molecule has 0 aliphatic carbocycles. The number of amides is 3. The van der Waals surface area contributed by atoms with Crippen LogP contribution < -0.4 is 19.7 Å². The molecule has 0 atom stereocenters. The maximum atomic E-state index is 12.4. The van der Waals surface area contributed by atoms with Crippen LogP contribution in [0.15, 0.2) is 36.4 Å². The molecule has 3 rings (SSSR count). The molecular weight excluding hydrogens is 380 g/mol. The number of hydrogen-bond donors (Lipinski definition) is 1. The van der Waals surface area contributed by atoms with E-state index >= 15 is 0 Å². The molecule has 0 bridgehead atoms. The van der Waals surface area contributed by atoms with Crippen molar-refractivity contribution in [3.63, 3.8) is 0 Å². The minimum Gasteiger partial charge on any atom is -0.497 e. The molecule has 1 saturated heterocycles. The van der Waals surface area contributed by atoms with Crippen molar-refractivity contribution in [3.05, 3.63) is 53.1 Å². The first-order valence-electron chi connectivity index (χ1n) is 9.89. The van der Waals surface area contributed by atoms with Crippen molar-refractivity contribution in [1.82, 2.24) is 5.32 Å². The van der Waals surface area contributed by atoms with Gasteiger partial charge in [-0.1, -0.05) is 45.1 Å². The summed E-state index contributed by atoms with van der Waals surface area (Å²) in [5.74, 6) is 1.32. The largest absolute Gasteiger partial charge is 0.497 e. The molecule has 0 saturated carbocycles. The number of ether oxygens (including phenoxy) is 2. The molecular formula is C24H28N2O4. The summed E-state index contributed by atoms with van der Waals surface area (Å²) in [7, 11) is 3.29. The Bertz CT molecular complexity index is 972. The first kappa shape index (κ1) is 21.4. The first-order valence-corrected chi connectivity index (χ1v) is 9.89. The number of benzene rings is 2. The topological polar surface area (TPSA) is 67.9 Å². The monoisotopic (exact) mass is 408 g/mol. The van der Waals surface area contributed by atoms with Crippen LogP contribution in [0.1, 0.15) is 43.9 Å². The lowest BCUT2D eigenvalue weighted by Gasteiger charge is -2.30. The highest BCUT2D eigenvalue weighted by Crippen LogP contribution is 2.39. The lowest BCUT2D eigenvalue weighted by atomic mass is 9.84. The smallest absolute Gasteiger partial charge is 0.328 e. The number of carbonyl (C=O) groups excluding carboxylic acids is 2. The molecule has 1 fully saturated rings. The van der Waals surface area contributed by atoms with E-state index in [1.165, 1.54) is 0 Å². The lowest BCUT2D eigenvalue weighted by molar-refractivity contribution is -0.120. The number of anilines is 1. The Balaban J connectivity index is 2.06. The summed E-state index contributed by atoms with van der Waals surface area (Å²) < 4.78 is 11.0. The molecule has 2 aromatic carbocycles. The Labute approximate surface area is 177 Å². The number of methoxy groups -OCH3 is 2. The van der Waals surface area contributed by atoms with Crippen LogP contribution >= 0.6 is 0 Å². The zero-order valence-electron chi connectivity index (χ0n) is 18.1. The number of carbonyl (C=O) groups is 2. The van der Waals surface area contributed by atoms with Crippen molar-refractivity contribution in [2.45, 2.75) is 32.6 Å². The van der Waals surface area contributed by atoms with E-state index in [-0.39, 0.29) is 17.7 Å². The van der Waals surface area contributed by atoms with Gasteiger partial charge in [0.05, 0.1) is 14.2 Å². The van der Waals surface area contributed by atoms with Crippen LogP contribution in [0.2, 0.25) is 0 Å². The van der Waals surface area contributed by atoms with Crippen molar-refractivity contribution < 1.29 is 19.1 Å². The highest BCUT2D eigenvalue weighted by atomic mass is 16.5. The van der Waals surface area contributed by atoms with Gasteiger partial charge >= 0.3 is 6.03 Å². The van der Waals surface area contributed by atoms with E-state index in [1.807, 2.05) is 48.6 Å². The van der Waals surface area contributed by atoms with E-state index in [2.05, 4.69) is 26.1 Å². The van der Waals surface area contributed by atoms with Gasteiger partial charge in [0.15, 0.2) is 0 Å². The van der Waals surface area contributed by atoms with Gasteiger partial charge in [0.2, 0.25) is 5.91 Å². The molecule has 1 heterocycles. The molecule has 1 N–H and O–H groups in total. The van der Waals surface area contributed by atoms with Crippen molar-refractivity contribution >= 4 is 29.8 Å². The number of rotatable bonds is 5. The van der Waals surface area contributed by atoms with Crippen LogP contribution in [0.5, 0.6) is 11.5 Å². The Hall–Kier alpha value is -3.28. The van der Waals surface area contributed by atoms with Gasteiger partial charge in [-0.25, -0.2) is 4.79 Å². The molecule has 0 unspecified atom stereocenters. The maximum Gasteiger partial charge on any atom is 0.328 e. The fourth-order valence-electron chi connectivity index (χ4n) is 3.41. The van der Waals surface area contributed by atoms with Crippen molar-refractivity contribution in [3.8, 4) is 11.5 Å². The minimum atomic E-state index is -0.402. The highest BCUT2D eigenvalue weighted by Gasteiger charge is 2.28. The van der Waals surface area contributed by atoms with Gasteiger partial charge < -0.3 is 9.47 Å². The second kappa shape index (κ2) is 8.61. The van der Waals surface area contributed by atoms with Gasteiger partial charge in [0.1, 0.15) is 11.5 Å². The Morgan fingerprint density at radius 3 is 2.27 bits per heavy atom. The summed E-state index contributed by atoms with van der Waals surface area (Å²) in [4.78, 5) is 25.6. The summed E-state index contributed by atoms with van der Waals surface area (Å²) in [5.41, 5.74) is 3.40. The van der Waals surface area contributed by atoms with Gasteiger partial charge in [0.25, 0.3) is 0 Å². The molecule has 158 valence electrons. The van der Waals surface area contributed by atoms with E-state index in [0.29, 0.717) is 6.54 Å². The molecule has 0 aromatic heterocycles. The molecule has 0 radical (unpaired) electrons. The summed E-state index contributed by atoms with van der Waals surface area (Å²) in [6.45, 7) is 6.66. The third-order valence-electron chi connectivity index (χ3n) is 5.05. The molecule has 1 aliphatic heterocycles. The Kier molecular flexibility index (Phi) is 6.15. The summed E-state index contributed by atoms with van der Waals surface area (Å²) in [6.07, 6.45) is 4.25. The Morgan fingerprint density at radius 1 is 1.00 bits per heavy atom. The van der Waals surface area contributed by atoms with Gasteiger partial charge in [-0.15, -0.1) is 0 Å².